The van der Waals surface area contributed by atoms with E-state index in [1.54, 1.807) is 37.3 Å². The Balaban J connectivity index is 1.84. The molecule has 1 aliphatic rings. The van der Waals surface area contributed by atoms with Crippen LogP contribution in [-0.2, 0) is 16.9 Å². The number of alkyl halides is 3. The van der Waals surface area contributed by atoms with Gasteiger partial charge in [-0.25, -0.2) is 4.79 Å². The van der Waals surface area contributed by atoms with Crippen LogP contribution < -0.4 is 5.32 Å². The average molecular weight is 407 g/mol. The minimum Gasteiger partial charge on any atom is -0.339 e. The van der Waals surface area contributed by atoms with Gasteiger partial charge >= 0.3 is 12.2 Å². The van der Waals surface area contributed by atoms with Gasteiger partial charge in [-0.05, 0) is 32.4 Å². The first-order valence-corrected chi connectivity index (χ1v) is 8.90. The number of halogens is 3. The molecule has 3 amide bonds. The van der Waals surface area contributed by atoms with Gasteiger partial charge in [0.1, 0.15) is 12.1 Å². The summed E-state index contributed by atoms with van der Waals surface area (Å²) in [6.45, 7) is 2.65. The number of Topliss-reactive ketones (excluding diaryl/α,β-unsaturated/α-hetero) is 1. The number of carbonyl (C=O) groups excluding carboxylic acids is 3. The van der Waals surface area contributed by atoms with Gasteiger partial charge in [0, 0.05) is 17.0 Å². The van der Waals surface area contributed by atoms with Gasteiger partial charge in [-0.1, -0.05) is 30.3 Å². The number of benzene rings is 1. The van der Waals surface area contributed by atoms with Crippen molar-refractivity contribution in [2.24, 2.45) is 0 Å². The van der Waals surface area contributed by atoms with Crippen LogP contribution in [0.1, 0.15) is 34.2 Å². The van der Waals surface area contributed by atoms with E-state index in [0.717, 1.165) is 9.47 Å². The monoisotopic (exact) mass is 407 g/mol. The average Bonchev–Trinajstić information content (AvgIpc) is 3.04. The Morgan fingerprint density at radius 2 is 1.76 bits per heavy atom. The predicted octanol–water partition coefficient (Wildman–Crippen LogP) is 3.32. The van der Waals surface area contributed by atoms with E-state index >= 15 is 0 Å². The van der Waals surface area contributed by atoms with Crippen molar-refractivity contribution < 1.29 is 27.6 Å². The number of nitrogens with one attached hydrogen (secondary N) is 1. The number of rotatable bonds is 5. The van der Waals surface area contributed by atoms with E-state index in [2.05, 4.69) is 5.32 Å². The van der Waals surface area contributed by atoms with Crippen LogP contribution in [0.4, 0.5) is 18.0 Å². The van der Waals surface area contributed by atoms with Crippen molar-refractivity contribution in [3.63, 3.8) is 0 Å². The molecule has 1 aromatic carbocycles. The van der Waals surface area contributed by atoms with Gasteiger partial charge < -0.3 is 9.88 Å². The molecule has 1 atom stereocenters. The lowest BCUT2D eigenvalue weighted by Crippen LogP contribution is -2.41. The number of ketones is 1. The van der Waals surface area contributed by atoms with Crippen LogP contribution in [-0.4, -0.2) is 39.9 Å². The highest BCUT2D eigenvalue weighted by atomic mass is 19.4. The minimum absolute atomic E-state index is 0.0562. The fourth-order valence-electron chi connectivity index (χ4n) is 3.54. The molecule has 0 saturated carbocycles. The van der Waals surface area contributed by atoms with E-state index in [1.807, 2.05) is 0 Å². The Labute approximate surface area is 165 Å². The smallest absolute Gasteiger partial charge is 0.339 e. The van der Waals surface area contributed by atoms with Crippen molar-refractivity contribution in [2.75, 3.05) is 6.54 Å². The number of nitrogens with zero attached hydrogens (tertiary/aromatic N) is 2. The molecule has 29 heavy (non-hydrogen) atoms. The molecule has 2 heterocycles. The molecule has 0 unspecified atom stereocenters. The topological polar surface area (TPSA) is 71.4 Å². The summed E-state index contributed by atoms with van der Waals surface area (Å²) in [4.78, 5) is 38.8. The fraction of sp³-hybridized carbons (Fsp3) is 0.350. The summed E-state index contributed by atoms with van der Waals surface area (Å²) >= 11 is 0. The summed E-state index contributed by atoms with van der Waals surface area (Å²) in [5.41, 5.74) is -0.277. The van der Waals surface area contributed by atoms with Crippen LogP contribution in [0.3, 0.4) is 0 Å². The van der Waals surface area contributed by atoms with Gasteiger partial charge in [0.15, 0.2) is 5.78 Å². The van der Waals surface area contributed by atoms with Crippen molar-refractivity contribution in [2.45, 2.75) is 39.0 Å². The summed E-state index contributed by atoms with van der Waals surface area (Å²) < 4.78 is 39.3. The molecule has 0 aliphatic carbocycles. The molecule has 1 saturated heterocycles. The second kappa shape index (κ2) is 7.06. The van der Waals surface area contributed by atoms with Crippen molar-refractivity contribution in [3.05, 3.63) is 58.9 Å². The summed E-state index contributed by atoms with van der Waals surface area (Å²) in [5.74, 6) is -1.20. The number of carbonyl (C=O) groups is 3. The number of hydrogen-bond acceptors (Lipinski definition) is 3. The highest BCUT2D eigenvalue weighted by molar-refractivity contribution is 6.11. The number of hydrogen-bond donors (Lipinski definition) is 1. The Hall–Kier alpha value is -3.10. The van der Waals surface area contributed by atoms with Crippen LogP contribution in [0.5, 0.6) is 0 Å². The third kappa shape index (κ3) is 3.76. The molecule has 1 aliphatic heterocycles. The van der Waals surface area contributed by atoms with E-state index < -0.39 is 42.5 Å². The van der Waals surface area contributed by atoms with E-state index in [1.165, 1.54) is 19.9 Å². The van der Waals surface area contributed by atoms with Crippen molar-refractivity contribution >= 4 is 17.7 Å². The maximum atomic E-state index is 12.9. The number of aromatic nitrogens is 1. The van der Waals surface area contributed by atoms with Crippen LogP contribution in [0.25, 0.3) is 0 Å². The van der Waals surface area contributed by atoms with E-state index in [-0.39, 0.29) is 17.0 Å². The standard InChI is InChI=1S/C20H20F3N3O3/c1-12-9-15(13(2)26(12)11-20(21,22)23)16(27)10-25-17(28)19(3,24-18(25)29)14-7-5-4-6-8-14/h4-9H,10-11H2,1-3H3,(H,24,29)/t19-/m0/s1. The Kier molecular flexibility index (Phi) is 5.02. The quantitative estimate of drug-likeness (QED) is 0.611. The molecule has 0 radical (unpaired) electrons. The van der Waals surface area contributed by atoms with Crippen molar-refractivity contribution in [1.82, 2.24) is 14.8 Å². The normalized spacial score (nSPS) is 19.6. The first-order valence-electron chi connectivity index (χ1n) is 8.90. The zero-order valence-electron chi connectivity index (χ0n) is 16.1. The largest absolute Gasteiger partial charge is 0.406 e. The van der Waals surface area contributed by atoms with E-state index in [9.17, 15) is 27.6 Å². The van der Waals surface area contributed by atoms with Gasteiger partial charge in [-0.15, -0.1) is 0 Å². The molecule has 9 heteroatoms. The number of amides is 3. The number of imide groups is 1. The molecule has 6 nitrogen and oxygen atoms in total. The minimum atomic E-state index is -4.43. The zero-order valence-corrected chi connectivity index (χ0v) is 16.1. The van der Waals surface area contributed by atoms with Gasteiger partial charge in [-0.3, -0.25) is 14.5 Å². The predicted molar refractivity (Wildman–Crippen MR) is 98.3 cm³/mol. The van der Waals surface area contributed by atoms with Crippen molar-refractivity contribution in [1.29, 1.82) is 0 Å². The third-order valence-corrected chi connectivity index (χ3v) is 5.14. The van der Waals surface area contributed by atoms with Gasteiger partial charge in [-0.2, -0.15) is 13.2 Å². The van der Waals surface area contributed by atoms with E-state index in [4.69, 9.17) is 0 Å². The number of aryl methyl sites for hydroxylation is 1. The molecule has 154 valence electrons. The first kappa shape index (κ1) is 20.6. The molecule has 1 fully saturated rings. The Morgan fingerprint density at radius 1 is 1.14 bits per heavy atom. The lowest BCUT2D eigenvalue weighted by molar-refractivity contribution is -0.141. The Morgan fingerprint density at radius 3 is 2.34 bits per heavy atom. The van der Waals surface area contributed by atoms with Crippen LogP contribution in [0.15, 0.2) is 36.4 Å². The third-order valence-electron chi connectivity index (χ3n) is 5.14. The van der Waals surface area contributed by atoms with Gasteiger partial charge in [0.05, 0.1) is 6.54 Å². The fourth-order valence-corrected chi connectivity index (χ4v) is 3.54. The number of urea groups is 1. The van der Waals surface area contributed by atoms with Crippen LogP contribution in [0.2, 0.25) is 0 Å². The molecule has 3 rings (SSSR count). The summed E-state index contributed by atoms with van der Waals surface area (Å²) in [6, 6.07) is 9.22. The molecule has 2 aromatic rings. The molecule has 1 N–H and O–H groups in total. The molecule has 0 bridgehead atoms. The summed E-state index contributed by atoms with van der Waals surface area (Å²) in [5, 5.41) is 2.60. The van der Waals surface area contributed by atoms with E-state index in [0.29, 0.717) is 5.56 Å². The Bertz CT molecular complexity index is 982. The van der Waals surface area contributed by atoms with Gasteiger partial charge in [0.25, 0.3) is 5.91 Å². The van der Waals surface area contributed by atoms with Crippen LogP contribution >= 0.6 is 0 Å². The van der Waals surface area contributed by atoms with Crippen molar-refractivity contribution in [3.8, 4) is 0 Å². The highest BCUT2D eigenvalue weighted by Crippen LogP contribution is 2.29. The summed E-state index contributed by atoms with van der Waals surface area (Å²) in [6.07, 6.45) is -4.43. The molecule has 0 spiro atoms. The maximum Gasteiger partial charge on any atom is 0.406 e. The molecular weight excluding hydrogens is 387 g/mol. The van der Waals surface area contributed by atoms with Crippen LogP contribution in [0, 0.1) is 13.8 Å². The molecular formula is C20H20F3N3O3. The first-order chi connectivity index (χ1) is 13.4. The lowest BCUT2D eigenvalue weighted by Gasteiger charge is -2.22. The maximum absolute atomic E-state index is 12.9. The second-order valence-corrected chi connectivity index (χ2v) is 7.22. The lowest BCUT2D eigenvalue weighted by atomic mass is 9.92. The molecule has 1 aromatic heterocycles. The highest BCUT2D eigenvalue weighted by Gasteiger charge is 2.49. The summed E-state index contributed by atoms with van der Waals surface area (Å²) in [7, 11) is 0. The SMILES string of the molecule is Cc1cc(C(=O)CN2C(=O)N[C@@](C)(c3ccccc3)C2=O)c(C)n1CC(F)(F)F. The zero-order chi connectivity index (χ0) is 21.6. The second-order valence-electron chi connectivity index (χ2n) is 7.22. The van der Waals surface area contributed by atoms with Gasteiger partial charge in [0.2, 0.25) is 0 Å².